The van der Waals surface area contributed by atoms with Gasteiger partial charge in [0.15, 0.2) is 11.5 Å². The van der Waals surface area contributed by atoms with Crippen molar-refractivity contribution >= 4 is 27.7 Å². The van der Waals surface area contributed by atoms with Crippen molar-refractivity contribution in [2.24, 2.45) is 0 Å². The Bertz CT molecular complexity index is 1340. The highest BCUT2D eigenvalue weighted by Gasteiger charge is 2.19. The van der Waals surface area contributed by atoms with Gasteiger partial charge in [0, 0.05) is 16.8 Å². The minimum Gasteiger partial charge on any atom is -0.452 e. The lowest BCUT2D eigenvalue weighted by atomic mass is 10.0. The summed E-state index contributed by atoms with van der Waals surface area (Å²) in [6.45, 7) is 11.9. The molecule has 1 heterocycles. The third-order valence-electron chi connectivity index (χ3n) is 5.38. The Morgan fingerprint density at radius 2 is 1.85 bits per heavy atom. The number of anilines is 2. The van der Waals surface area contributed by atoms with Crippen LogP contribution in [0.2, 0.25) is 0 Å². The van der Waals surface area contributed by atoms with Crippen LogP contribution in [0.1, 0.15) is 19.4 Å². The molecule has 0 spiro atoms. The number of allylic oxidation sites excluding steroid dienone is 8. The molecule has 0 fully saturated rings. The number of hydrogen-bond donors (Lipinski definition) is 2. The van der Waals surface area contributed by atoms with Crippen LogP contribution in [0, 0.1) is 0 Å². The number of rotatable bonds is 7. The van der Waals surface area contributed by atoms with E-state index in [1.165, 1.54) is 0 Å². The second-order valence-corrected chi connectivity index (χ2v) is 7.69. The molecule has 3 aromatic carbocycles. The Morgan fingerprint density at radius 3 is 2.64 bits per heavy atom. The molecule has 0 saturated carbocycles. The highest BCUT2D eigenvalue weighted by molar-refractivity contribution is 5.96. The second kappa shape index (κ2) is 9.92. The predicted molar refractivity (Wildman–Crippen MR) is 142 cm³/mol. The Hall–Kier alpha value is -4.24. The molecule has 0 unspecified atom stereocenters. The maximum Gasteiger partial charge on any atom is 0.158 e. The molecule has 0 aromatic heterocycles. The molecule has 0 radical (unpaired) electrons. The van der Waals surface area contributed by atoms with Gasteiger partial charge in [0.05, 0.1) is 11.4 Å². The normalized spacial score (nSPS) is 13.4. The van der Waals surface area contributed by atoms with Crippen molar-refractivity contribution in [2.45, 2.75) is 13.8 Å². The van der Waals surface area contributed by atoms with Gasteiger partial charge < -0.3 is 15.4 Å². The molecule has 3 heteroatoms. The Morgan fingerprint density at radius 1 is 1.00 bits per heavy atom. The molecule has 1 aliphatic heterocycles. The number of ether oxygens (including phenoxy) is 1. The van der Waals surface area contributed by atoms with Crippen LogP contribution in [-0.4, -0.2) is 0 Å². The number of benzene rings is 3. The molecule has 0 saturated heterocycles. The molecule has 0 amide bonds. The first-order valence-corrected chi connectivity index (χ1v) is 11.0. The lowest BCUT2D eigenvalue weighted by molar-refractivity contribution is 0.487. The fraction of sp³-hybridized carbons (Fsp3) is 0.0667. The lowest BCUT2D eigenvalue weighted by Gasteiger charge is -2.24. The molecule has 164 valence electrons. The van der Waals surface area contributed by atoms with Crippen LogP contribution in [0.15, 0.2) is 122 Å². The van der Waals surface area contributed by atoms with Gasteiger partial charge in [-0.15, -0.1) is 0 Å². The highest BCUT2D eigenvalue weighted by Crippen LogP contribution is 2.46. The zero-order valence-electron chi connectivity index (χ0n) is 19.1. The quantitative estimate of drug-likeness (QED) is 0.288. The average molecular weight is 433 g/mol. The third-order valence-corrected chi connectivity index (χ3v) is 5.38. The van der Waals surface area contributed by atoms with Gasteiger partial charge >= 0.3 is 0 Å². The van der Waals surface area contributed by atoms with Crippen molar-refractivity contribution in [3.05, 3.63) is 127 Å². The molecule has 0 atom stereocenters. The summed E-state index contributed by atoms with van der Waals surface area (Å²) in [6, 6.07) is 18.6. The first-order valence-electron chi connectivity index (χ1n) is 11.0. The third kappa shape index (κ3) is 4.83. The number of nitrogens with one attached hydrogen (secondary N) is 2. The van der Waals surface area contributed by atoms with Crippen molar-refractivity contribution in [1.82, 2.24) is 5.32 Å². The Balaban J connectivity index is 1.63. The van der Waals surface area contributed by atoms with E-state index in [1.54, 1.807) is 6.08 Å². The van der Waals surface area contributed by atoms with Crippen molar-refractivity contribution in [3.63, 3.8) is 0 Å². The molecule has 0 bridgehead atoms. The van der Waals surface area contributed by atoms with E-state index in [4.69, 9.17) is 4.74 Å². The summed E-state index contributed by atoms with van der Waals surface area (Å²) >= 11 is 0. The molecule has 3 aromatic rings. The highest BCUT2D eigenvalue weighted by atomic mass is 16.5. The first kappa shape index (κ1) is 22.0. The summed E-state index contributed by atoms with van der Waals surface area (Å²) in [4.78, 5) is 0. The van der Waals surface area contributed by atoms with E-state index >= 15 is 0 Å². The fourth-order valence-corrected chi connectivity index (χ4v) is 3.80. The largest absolute Gasteiger partial charge is 0.452 e. The van der Waals surface area contributed by atoms with Gasteiger partial charge in [-0.2, -0.15) is 0 Å². The number of hydrogen-bond acceptors (Lipinski definition) is 3. The summed E-state index contributed by atoms with van der Waals surface area (Å²) in [5.74, 6) is 1.67. The molecule has 33 heavy (non-hydrogen) atoms. The van der Waals surface area contributed by atoms with Crippen LogP contribution in [0.5, 0.6) is 11.5 Å². The van der Waals surface area contributed by atoms with Crippen LogP contribution in [-0.2, 0) is 0 Å². The van der Waals surface area contributed by atoms with Crippen molar-refractivity contribution in [1.29, 1.82) is 0 Å². The molecular weight excluding hydrogens is 404 g/mol. The predicted octanol–water partition coefficient (Wildman–Crippen LogP) is 8.40. The van der Waals surface area contributed by atoms with Crippen molar-refractivity contribution in [3.8, 4) is 11.5 Å². The molecule has 1 aliphatic rings. The van der Waals surface area contributed by atoms with Gasteiger partial charge in [0.1, 0.15) is 0 Å². The van der Waals surface area contributed by atoms with E-state index < -0.39 is 0 Å². The van der Waals surface area contributed by atoms with Crippen LogP contribution < -0.4 is 15.4 Å². The Labute approximate surface area is 195 Å². The summed E-state index contributed by atoms with van der Waals surface area (Å²) < 4.78 is 6.32. The van der Waals surface area contributed by atoms with Crippen LogP contribution in [0.25, 0.3) is 16.3 Å². The fourth-order valence-electron chi connectivity index (χ4n) is 3.80. The molecular formula is C30H28N2O. The van der Waals surface area contributed by atoms with E-state index in [1.807, 2.05) is 62.4 Å². The van der Waals surface area contributed by atoms with Gasteiger partial charge in [0.25, 0.3) is 0 Å². The lowest BCUT2D eigenvalue weighted by Crippen LogP contribution is -2.09. The van der Waals surface area contributed by atoms with Crippen LogP contribution >= 0.6 is 0 Å². The van der Waals surface area contributed by atoms with E-state index in [2.05, 4.69) is 66.3 Å². The van der Waals surface area contributed by atoms with Gasteiger partial charge in [-0.25, -0.2) is 0 Å². The van der Waals surface area contributed by atoms with Crippen LogP contribution in [0.3, 0.4) is 0 Å². The van der Waals surface area contributed by atoms with E-state index in [9.17, 15) is 0 Å². The zero-order valence-corrected chi connectivity index (χ0v) is 19.1. The Kier molecular flexibility index (Phi) is 6.61. The molecule has 3 nitrogen and oxygen atoms in total. The minimum atomic E-state index is 0.795. The minimum absolute atomic E-state index is 0.795. The van der Waals surface area contributed by atoms with E-state index in [0.717, 1.165) is 56.2 Å². The molecule has 2 N–H and O–H groups in total. The summed E-state index contributed by atoms with van der Waals surface area (Å²) in [6.07, 6.45) is 13.7. The maximum absolute atomic E-state index is 6.32. The van der Waals surface area contributed by atoms with E-state index in [0.29, 0.717) is 0 Å². The average Bonchev–Trinajstić information content (AvgIpc) is 2.84. The maximum atomic E-state index is 6.32. The summed E-state index contributed by atoms with van der Waals surface area (Å²) in [5.41, 5.74) is 5.77. The van der Waals surface area contributed by atoms with Crippen molar-refractivity contribution < 1.29 is 4.74 Å². The summed E-state index contributed by atoms with van der Waals surface area (Å²) in [5, 5.41) is 9.13. The standard InChI is InChI=1S/C30H28N2O/c1-5-8-13-25(7-3)31-21(4)19-23(11-6-2)24-16-18-29-28(20-24)32-27-17-15-22-12-9-10-14-26(22)30(27)33-29/h5-20,31-32H,1,4H2,2-3H3/b11-6-,13-8-,23-19+,25-7+. The van der Waals surface area contributed by atoms with Gasteiger partial charge in [-0.1, -0.05) is 79.9 Å². The van der Waals surface area contributed by atoms with Crippen molar-refractivity contribution in [2.75, 3.05) is 5.32 Å². The monoisotopic (exact) mass is 432 g/mol. The van der Waals surface area contributed by atoms with Gasteiger partial charge in [-0.3, -0.25) is 0 Å². The van der Waals surface area contributed by atoms with Crippen LogP contribution in [0.4, 0.5) is 11.4 Å². The second-order valence-electron chi connectivity index (χ2n) is 7.69. The first-order chi connectivity index (χ1) is 16.1. The van der Waals surface area contributed by atoms with Gasteiger partial charge in [-0.05, 0) is 60.7 Å². The smallest absolute Gasteiger partial charge is 0.158 e. The molecule has 4 rings (SSSR count). The van der Waals surface area contributed by atoms with E-state index in [-0.39, 0.29) is 0 Å². The number of fused-ring (bicyclic) bond motifs is 4. The summed E-state index contributed by atoms with van der Waals surface area (Å²) in [7, 11) is 0. The van der Waals surface area contributed by atoms with Gasteiger partial charge in [0.2, 0.25) is 0 Å². The SMILES string of the molecule is C=C/C=C\C(=C/C)NC(=C)/C=C(\C=C/C)c1ccc2c(c1)Nc1ccc3ccccc3c1O2. The molecule has 0 aliphatic carbocycles. The topological polar surface area (TPSA) is 33.3 Å². The zero-order chi connectivity index (χ0) is 23.2.